The Kier molecular flexibility index (Phi) is 6.43. The fourth-order valence-electron chi connectivity index (χ4n) is 2.39. The van der Waals surface area contributed by atoms with Crippen molar-refractivity contribution < 1.29 is 19.2 Å². The molecule has 7 nitrogen and oxygen atoms in total. The SMILES string of the molecule is CC[C@H](NC(=O)COC(=O)c1ccc([N+](=O)[O-])cc1)c1ccc(C)cc1. The maximum atomic E-state index is 12.1. The van der Waals surface area contributed by atoms with Crippen LogP contribution in [0.1, 0.15) is 40.9 Å². The molecule has 0 unspecified atom stereocenters. The molecule has 0 radical (unpaired) electrons. The second-order valence-electron chi connectivity index (χ2n) is 5.82. The maximum Gasteiger partial charge on any atom is 0.338 e. The normalized spacial score (nSPS) is 11.5. The highest BCUT2D eigenvalue weighted by atomic mass is 16.6. The number of non-ortho nitro benzene ring substituents is 1. The number of carbonyl (C=O) groups is 2. The summed E-state index contributed by atoms with van der Waals surface area (Å²) in [5.41, 5.74) is 2.14. The van der Waals surface area contributed by atoms with Crippen LogP contribution >= 0.6 is 0 Å². The first-order valence-corrected chi connectivity index (χ1v) is 8.18. The number of carbonyl (C=O) groups excluding carboxylic acids is 2. The number of nitrogens with one attached hydrogen (secondary N) is 1. The first-order valence-electron chi connectivity index (χ1n) is 8.18. The van der Waals surface area contributed by atoms with Gasteiger partial charge in [-0.15, -0.1) is 0 Å². The Morgan fingerprint density at radius 1 is 1.12 bits per heavy atom. The van der Waals surface area contributed by atoms with Crippen LogP contribution in [0.15, 0.2) is 48.5 Å². The third-order valence-electron chi connectivity index (χ3n) is 3.87. The topological polar surface area (TPSA) is 98.5 Å². The predicted octanol–water partition coefficient (Wildman–Crippen LogP) is 3.33. The van der Waals surface area contributed by atoms with Crippen molar-refractivity contribution in [1.29, 1.82) is 0 Å². The maximum absolute atomic E-state index is 12.1. The summed E-state index contributed by atoms with van der Waals surface area (Å²) in [6.07, 6.45) is 0.700. The fourth-order valence-corrected chi connectivity index (χ4v) is 2.39. The molecule has 0 saturated heterocycles. The molecule has 0 aliphatic rings. The van der Waals surface area contributed by atoms with Crippen LogP contribution in [-0.4, -0.2) is 23.4 Å². The van der Waals surface area contributed by atoms with Crippen LogP contribution in [0.3, 0.4) is 0 Å². The molecule has 1 N–H and O–H groups in total. The molecule has 136 valence electrons. The number of esters is 1. The standard InChI is InChI=1S/C19H20N2O5/c1-3-17(14-6-4-13(2)5-7-14)20-18(22)12-26-19(23)15-8-10-16(11-9-15)21(24)25/h4-11,17H,3,12H2,1-2H3,(H,20,22)/t17-/m0/s1. The zero-order valence-corrected chi connectivity index (χ0v) is 14.6. The van der Waals surface area contributed by atoms with Crippen LogP contribution in [0, 0.1) is 17.0 Å². The van der Waals surface area contributed by atoms with Crippen molar-refractivity contribution in [1.82, 2.24) is 5.32 Å². The molecule has 0 aromatic heterocycles. The van der Waals surface area contributed by atoms with Gasteiger partial charge in [0.25, 0.3) is 11.6 Å². The van der Waals surface area contributed by atoms with Gasteiger partial charge in [0.05, 0.1) is 16.5 Å². The number of nitro benzene ring substituents is 1. The van der Waals surface area contributed by atoms with Gasteiger partial charge in [0, 0.05) is 12.1 Å². The minimum absolute atomic E-state index is 0.122. The van der Waals surface area contributed by atoms with Crippen LogP contribution in [0.4, 0.5) is 5.69 Å². The highest BCUT2D eigenvalue weighted by Gasteiger charge is 2.16. The first-order chi connectivity index (χ1) is 12.4. The van der Waals surface area contributed by atoms with E-state index >= 15 is 0 Å². The van der Waals surface area contributed by atoms with E-state index in [1.54, 1.807) is 0 Å². The summed E-state index contributed by atoms with van der Waals surface area (Å²) in [6, 6.07) is 12.7. The molecule has 0 bridgehead atoms. The van der Waals surface area contributed by atoms with Crippen LogP contribution < -0.4 is 5.32 Å². The monoisotopic (exact) mass is 356 g/mol. The summed E-state index contributed by atoms with van der Waals surface area (Å²) in [5.74, 6) is -1.12. The van der Waals surface area contributed by atoms with E-state index in [9.17, 15) is 19.7 Å². The van der Waals surface area contributed by atoms with Crippen molar-refractivity contribution in [2.24, 2.45) is 0 Å². The Labute approximate surface area is 151 Å². The number of ether oxygens (including phenoxy) is 1. The molecule has 1 amide bonds. The molecular formula is C19H20N2O5. The molecule has 2 rings (SSSR count). The first kappa shape index (κ1) is 19.1. The van der Waals surface area contributed by atoms with Crippen molar-refractivity contribution in [3.63, 3.8) is 0 Å². The second-order valence-corrected chi connectivity index (χ2v) is 5.82. The Hall–Kier alpha value is -3.22. The van der Waals surface area contributed by atoms with E-state index in [4.69, 9.17) is 4.74 Å². The third kappa shape index (κ3) is 5.14. The third-order valence-corrected chi connectivity index (χ3v) is 3.87. The van der Waals surface area contributed by atoms with E-state index in [0.717, 1.165) is 11.1 Å². The molecule has 0 saturated carbocycles. The summed E-state index contributed by atoms with van der Waals surface area (Å²) in [7, 11) is 0. The van der Waals surface area contributed by atoms with Gasteiger partial charge in [-0.2, -0.15) is 0 Å². The molecule has 0 spiro atoms. The molecule has 26 heavy (non-hydrogen) atoms. The number of rotatable bonds is 7. The van der Waals surface area contributed by atoms with Crippen molar-refractivity contribution in [2.75, 3.05) is 6.61 Å². The summed E-state index contributed by atoms with van der Waals surface area (Å²) >= 11 is 0. The van der Waals surface area contributed by atoms with Crippen LogP contribution in [0.5, 0.6) is 0 Å². The Morgan fingerprint density at radius 3 is 2.27 bits per heavy atom. The summed E-state index contributed by atoms with van der Waals surface area (Å²) < 4.78 is 4.97. The van der Waals surface area contributed by atoms with Crippen molar-refractivity contribution in [3.05, 3.63) is 75.3 Å². The number of amides is 1. The van der Waals surface area contributed by atoms with Crippen LogP contribution in [-0.2, 0) is 9.53 Å². The highest BCUT2D eigenvalue weighted by molar-refractivity contribution is 5.91. The molecule has 1 atom stereocenters. The van der Waals surface area contributed by atoms with E-state index < -0.39 is 23.4 Å². The Bertz CT molecular complexity index is 785. The van der Waals surface area contributed by atoms with Crippen LogP contribution in [0.25, 0.3) is 0 Å². The van der Waals surface area contributed by atoms with E-state index in [1.165, 1.54) is 24.3 Å². The zero-order chi connectivity index (χ0) is 19.1. The summed E-state index contributed by atoms with van der Waals surface area (Å²) in [6.45, 7) is 3.52. The average molecular weight is 356 g/mol. The largest absolute Gasteiger partial charge is 0.452 e. The van der Waals surface area contributed by atoms with E-state index in [2.05, 4.69) is 5.32 Å². The smallest absolute Gasteiger partial charge is 0.338 e. The molecule has 0 aliphatic carbocycles. The number of nitrogens with zero attached hydrogens (tertiary/aromatic N) is 1. The van der Waals surface area contributed by atoms with E-state index in [-0.39, 0.29) is 17.3 Å². The van der Waals surface area contributed by atoms with Gasteiger partial charge in [-0.1, -0.05) is 36.8 Å². The summed E-state index contributed by atoms with van der Waals surface area (Å²) in [4.78, 5) is 34.0. The molecular weight excluding hydrogens is 336 g/mol. The molecule has 0 fully saturated rings. The highest BCUT2D eigenvalue weighted by Crippen LogP contribution is 2.17. The van der Waals surface area contributed by atoms with Gasteiger partial charge < -0.3 is 10.1 Å². The Balaban J connectivity index is 1.89. The zero-order valence-electron chi connectivity index (χ0n) is 14.6. The minimum atomic E-state index is -0.710. The summed E-state index contributed by atoms with van der Waals surface area (Å²) in [5, 5.41) is 13.4. The molecule has 2 aromatic rings. The minimum Gasteiger partial charge on any atom is -0.452 e. The number of hydrogen-bond acceptors (Lipinski definition) is 5. The lowest BCUT2D eigenvalue weighted by Gasteiger charge is -2.17. The van der Waals surface area contributed by atoms with Gasteiger partial charge in [-0.3, -0.25) is 14.9 Å². The van der Waals surface area contributed by atoms with Crippen molar-refractivity contribution in [3.8, 4) is 0 Å². The lowest BCUT2D eigenvalue weighted by atomic mass is 10.0. The molecule has 7 heteroatoms. The van der Waals surface area contributed by atoms with Gasteiger partial charge in [0.2, 0.25) is 0 Å². The lowest BCUT2D eigenvalue weighted by molar-refractivity contribution is -0.384. The van der Waals surface area contributed by atoms with Crippen LogP contribution in [0.2, 0.25) is 0 Å². The quantitative estimate of drug-likeness (QED) is 0.466. The van der Waals surface area contributed by atoms with Gasteiger partial charge in [-0.25, -0.2) is 4.79 Å². The van der Waals surface area contributed by atoms with Gasteiger partial charge >= 0.3 is 5.97 Å². The number of aryl methyl sites for hydroxylation is 1. The number of benzene rings is 2. The lowest BCUT2D eigenvalue weighted by Crippen LogP contribution is -2.32. The predicted molar refractivity (Wildman–Crippen MR) is 95.7 cm³/mol. The van der Waals surface area contributed by atoms with E-state index in [0.29, 0.717) is 6.42 Å². The molecule has 0 aliphatic heterocycles. The average Bonchev–Trinajstić information content (AvgIpc) is 2.65. The van der Waals surface area contributed by atoms with Crippen molar-refractivity contribution in [2.45, 2.75) is 26.3 Å². The van der Waals surface area contributed by atoms with Crippen molar-refractivity contribution >= 4 is 17.6 Å². The van der Waals surface area contributed by atoms with Gasteiger partial charge in [-0.05, 0) is 31.0 Å². The molecule has 0 heterocycles. The van der Waals surface area contributed by atoms with Gasteiger partial charge in [0.15, 0.2) is 6.61 Å². The number of hydrogen-bond donors (Lipinski definition) is 1. The molecule has 2 aromatic carbocycles. The fraction of sp³-hybridized carbons (Fsp3) is 0.263. The van der Waals surface area contributed by atoms with E-state index in [1.807, 2.05) is 38.1 Å². The Morgan fingerprint density at radius 2 is 1.73 bits per heavy atom. The number of nitro groups is 1. The second kappa shape index (κ2) is 8.75. The van der Waals surface area contributed by atoms with Gasteiger partial charge in [0.1, 0.15) is 0 Å².